The highest BCUT2D eigenvalue weighted by Gasteiger charge is 2.43. The molecule has 4 nitrogen and oxygen atoms in total. The maximum absolute atomic E-state index is 12.8. The van der Waals surface area contributed by atoms with Crippen molar-refractivity contribution in [3.63, 3.8) is 0 Å². The van der Waals surface area contributed by atoms with Crippen LogP contribution < -0.4 is 0 Å². The molecule has 0 aliphatic rings. The maximum Gasteiger partial charge on any atom is 0.381 e. The normalized spacial score (nSPS) is 11.8. The summed E-state index contributed by atoms with van der Waals surface area (Å²) in [4.78, 5) is 21.1. The molecule has 0 N–H and O–H groups in total. The van der Waals surface area contributed by atoms with Gasteiger partial charge < -0.3 is 9.47 Å². The predicted molar refractivity (Wildman–Crippen MR) is 51.0 cm³/mol. The fraction of sp³-hybridized carbons (Fsp3) is 0.500. The van der Waals surface area contributed by atoms with Crippen molar-refractivity contribution in [1.82, 2.24) is 0 Å². The van der Waals surface area contributed by atoms with Gasteiger partial charge in [-0.15, -0.1) is 12.6 Å². The third-order valence-corrected chi connectivity index (χ3v) is 1.37. The number of alkyl halides is 4. The van der Waals surface area contributed by atoms with Crippen molar-refractivity contribution >= 4 is 24.6 Å². The fourth-order valence-corrected chi connectivity index (χ4v) is 0.602. The molecular weight excluding hydrogens is 268 g/mol. The minimum absolute atomic E-state index is 0.600. The van der Waals surface area contributed by atoms with E-state index in [1.807, 2.05) is 0 Å². The van der Waals surface area contributed by atoms with Crippen LogP contribution in [0.25, 0.3) is 0 Å². The van der Waals surface area contributed by atoms with Gasteiger partial charge in [0.2, 0.25) is 0 Å². The first-order chi connectivity index (χ1) is 7.58. The van der Waals surface area contributed by atoms with E-state index < -0.39 is 36.3 Å². The van der Waals surface area contributed by atoms with Crippen molar-refractivity contribution in [2.75, 3.05) is 13.2 Å². The summed E-state index contributed by atoms with van der Waals surface area (Å²) in [7, 11) is 0. The number of hydrogen-bond donors (Lipinski definition) is 1. The molecule has 0 atom stereocenters. The number of thiol groups is 1. The number of carbonyl (C=O) groups excluding carboxylic acids is 2. The molecule has 0 spiro atoms. The highest BCUT2D eigenvalue weighted by Crippen LogP contribution is 2.21. The minimum atomic E-state index is -4.21. The maximum atomic E-state index is 12.8. The van der Waals surface area contributed by atoms with Crippen molar-refractivity contribution in [1.29, 1.82) is 0 Å². The lowest BCUT2D eigenvalue weighted by atomic mass is 10.3. The van der Waals surface area contributed by atoms with Gasteiger partial charge in [0.25, 0.3) is 0 Å². The summed E-state index contributed by atoms with van der Waals surface area (Å²) in [6, 6.07) is 0. The van der Waals surface area contributed by atoms with Gasteiger partial charge in [-0.2, -0.15) is 17.6 Å². The van der Waals surface area contributed by atoms with Crippen molar-refractivity contribution in [3.8, 4) is 0 Å². The van der Waals surface area contributed by atoms with Crippen molar-refractivity contribution in [3.05, 3.63) is 12.7 Å². The van der Waals surface area contributed by atoms with Crippen LogP contribution in [0, 0.1) is 0 Å². The van der Waals surface area contributed by atoms with E-state index in [1.165, 1.54) is 0 Å². The minimum Gasteiger partial charge on any atom is -0.455 e. The molecule has 9 heteroatoms. The molecule has 0 amide bonds. The second-order valence-corrected chi connectivity index (χ2v) is 3.41. The summed E-state index contributed by atoms with van der Waals surface area (Å²) in [5, 5.41) is -3.72. The standard InChI is InChI=1S/C8H8F4O4S/c1-2-5(13)15-3-7(9,10)6(14)16-4-8(11,12)17/h2,17H,1,3-4H2. The summed E-state index contributed by atoms with van der Waals surface area (Å²) in [5.74, 6) is -7.63. The van der Waals surface area contributed by atoms with Gasteiger partial charge in [-0.05, 0) is 0 Å². The molecule has 0 aromatic rings. The van der Waals surface area contributed by atoms with Gasteiger partial charge in [0.15, 0.2) is 13.2 Å². The number of halogens is 4. The zero-order valence-electron chi connectivity index (χ0n) is 8.29. The molecule has 0 saturated carbocycles. The van der Waals surface area contributed by atoms with Crippen LogP contribution in [0.2, 0.25) is 0 Å². The van der Waals surface area contributed by atoms with Crippen LogP contribution in [-0.2, 0) is 19.1 Å². The Morgan fingerprint density at radius 2 is 1.71 bits per heavy atom. The average molecular weight is 276 g/mol. The summed E-state index contributed by atoms with van der Waals surface area (Å²) in [6.45, 7) is -0.298. The van der Waals surface area contributed by atoms with E-state index in [2.05, 4.69) is 28.7 Å². The Morgan fingerprint density at radius 1 is 1.18 bits per heavy atom. The van der Waals surface area contributed by atoms with Crippen LogP contribution in [0.5, 0.6) is 0 Å². The molecule has 0 fully saturated rings. The van der Waals surface area contributed by atoms with Crippen LogP contribution in [0.4, 0.5) is 17.6 Å². The lowest BCUT2D eigenvalue weighted by molar-refractivity contribution is -0.186. The average Bonchev–Trinajstić information content (AvgIpc) is 2.21. The Balaban J connectivity index is 4.25. The summed E-state index contributed by atoms with van der Waals surface area (Å²) in [6.07, 6.45) is 0.600. The molecule has 0 saturated heterocycles. The molecule has 0 heterocycles. The first-order valence-electron chi connectivity index (χ1n) is 4.03. The zero-order chi connectivity index (χ0) is 13.7. The molecule has 0 unspecified atom stereocenters. The quantitative estimate of drug-likeness (QED) is 0.345. The van der Waals surface area contributed by atoms with Gasteiger partial charge in [-0.3, -0.25) is 0 Å². The molecule has 0 aliphatic carbocycles. The lowest BCUT2D eigenvalue weighted by Gasteiger charge is -2.16. The first kappa shape index (κ1) is 15.8. The van der Waals surface area contributed by atoms with Crippen LogP contribution in [0.15, 0.2) is 12.7 Å². The zero-order valence-corrected chi connectivity index (χ0v) is 9.19. The molecule has 0 aliphatic heterocycles. The van der Waals surface area contributed by atoms with E-state index in [0.717, 1.165) is 0 Å². The van der Waals surface area contributed by atoms with Crippen LogP contribution in [0.3, 0.4) is 0 Å². The van der Waals surface area contributed by atoms with Gasteiger partial charge in [-0.1, -0.05) is 6.58 Å². The van der Waals surface area contributed by atoms with Crippen LogP contribution in [0.1, 0.15) is 0 Å². The third kappa shape index (κ3) is 6.82. The monoisotopic (exact) mass is 276 g/mol. The van der Waals surface area contributed by atoms with E-state index in [4.69, 9.17) is 0 Å². The van der Waals surface area contributed by atoms with Crippen molar-refractivity contribution < 1.29 is 36.6 Å². The number of rotatable bonds is 6. The second-order valence-electron chi connectivity index (χ2n) is 2.76. The molecular formula is C8H8F4O4S. The molecule has 17 heavy (non-hydrogen) atoms. The molecule has 0 bridgehead atoms. The molecule has 0 rings (SSSR count). The third-order valence-electron chi connectivity index (χ3n) is 1.24. The summed E-state index contributed by atoms with van der Waals surface area (Å²) < 4.78 is 57.3. The summed E-state index contributed by atoms with van der Waals surface area (Å²) in [5.41, 5.74) is 0. The number of esters is 2. The smallest absolute Gasteiger partial charge is 0.381 e. The van der Waals surface area contributed by atoms with E-state index in [1.54, 1.807) is 0 Å². The Kier molecular flexibility index (Phi) is 5.46. The Morgan fingerprint density at radius 3 is 2.12 bits per heavy atom. The molecule has 98 valence electrons. The Bertz CT molecular complexity index is 313. The second kappa shape index (κ2) is 5.89. The van der Waals surface area contributed by atoms with Crippen LogP contribution >= 0.6 is 12.6 Å². The first-order valence-corrected chi connectivity index (χ1v) is 4.47. The van der Waals surface area contributed by atoms with Crippen molar-refractivity contribution in [2.45, 2.75) is 11.2 Å². The molecule has 0 aromatic carbocycles. The summed E-state index contributed by atoms with van der Waals surface area (Å²) >= 11 is 2.67. The van der Waals surface area contributed by atoms with Crippen molar-refractivity contribution in [2.24, 2.45) is 0 Å². The fourth-order valence-electron chi connectivity index (χ4n) is 0.538. The van der Waals surface area contributed by atoms with Gasteiger partial charge in [0, 0.05) is 6.08 Å². The van der Waals surface area contributed by atoms with E-state index in [-0.39, 0.29) is 0 Å². The highest BCUT2D eigenvalue weighted by molar-refractivity contribution is 7.81. The van der Waals surface area contributed by atoms with E-state index in [9.17, 15) is 27.2 Å². The highest BCUT2D eigenvalue weighted by atomic mass is 32.1. The van der Waals surface area contributed by atoms with Gasteiger partial charge in [-0.25, -0.2) is 9.59 Å². The van der Waals surface area contributed by atoms with Gasteiger partial charge >= 0.3 is 23.1 Å². The SMILES string of the molecule is C=CC(=O)OCC(F)(F)C(=O)OCC(F)(F)S. The van der Waals surface area contributed by atoms with Crippen LogP contribution in [-0.4, -0.2) is 36.3 Å². The topological polar surface area (TPSA) is 52.6 Å². The number of carbonyl (C=O) groups is 2. The van der Waals surface area contributed by atoms with Gasteiger partial charge in [0.1, 0.15) is 0 Å². The number of hydrogen-bond acceptors (Lipinski definition) is 5. The van der Waals surface area contributed by atoms with E-state index in [0.29, 0.717) is 6.08 Å². The van der Waals surface area contributed by atoms with Gasteiger partial charge in [0.05, 0.1) is 0 Å². The Hall–Kier alpha value is -1.25. The molecule has 0 aromatic heterocycles. The Labute approximate surface area is 99.0 Å². The van der Waals surface area contributed by atoms with E-state index >= 15 is 0 Å². The largest absolute Gasteiger partial charge is 0.455 e. The number of ether oxygens (including phenoxy) is 2. The molecule has 0 radical (unpaired) electrons. The predicted octanol–water partition coefficient (Wildman–Crippen LogP) is 1.42. The lowest BCUT2D eigenvalue weighted by Crippen LogP contribution is -2.38.